The molecule has 0 aliphatic heterocycles. The van der Waals surface area contributed by atoms with E-state index < -0.39 is 0 Å². The zero-order valence-corrected chi connectivity index (χ0v) is 13.5. The molecule has 0 aromatic heterocycles. The summed E-state index contributed by atoms with van der Waals surface area (Å²) in [5, 5.41) is 5.55. The van der Waals surface area contributed by atoms with Gasteiger partial charge in [-0.1, -0.05) is 12.1 Å². The first-order valence-electron chi connectivity index (χ1n) is 6.48. The molecular formula is C14H20BrN3O2. The highest BCUT2D eigenvalue weighted by atomic mass is 79.9. The van der Waals surface area contributed by atoms with Gasteiger partial charge in [-0.2, -0.15) is 0 Å². The van der Waals surface area contributed by atoms with E-state index >= 15 is 0 Å². The summed E-state index contributed by atoms with van der Waals surface area (Å²) in [5.74, 6) is -0.237. The Morgan fingerprint density at radius 1 is 1.35 bits per heavy atom. The van der Waals surface area contributed by atoms with Crippen LogP contribution in [0.3, 0.4) is 0 Å². The maximum Gasteiger partial charge on any atom is 0.238 e. The fraction of sp³-hybridized carbons (Fsp3) is 0.429. The Labute approximate surface area is 127 Å². The SMILES string of the molecule is CCNC(=O)[C@@H](C)N(C)CC(=O)Nc1ccccc1Br. The number of likely N-dealkylation sites (N-methyl/N-ethyl adjacent to an activating group) is 2. The van der Waals surface area contributed by atoms with Crippen molar-refractivity contribution in [3.63, 3.8) is 0 Å². The van der Waals surface area contributed by atoms with Crippen LogP contribution in [0.25, 0.3) is 0 Å². The van der Waals surface area contributed by atoms with Gasteiger partial charge in [0.25, 0.3) is 0 Å². The second-order valence-corrected chi connectivity index (χ2v) is 5.37. The topological polar surface area (TPSA) is 61.4 Å². The zero-order valence-electron chi connectivity index (χ0n) is 11.9. The molecule has 1 rings (SSSR count). The van der Waals surface area contributed by atoms with Gasteiger partial charge in [-0.3, -0.25) is 14.5 Å². The van der Waals surface area contributed by atoms with Gasteiger partial charge >= 0.3 is 0 Å². The Morgan fingerprint density at radius 2 is 2.00 bits per heavy atom. The molecule has 110 valence electrons. The highest BCUT2D eigenvalue weighted by Gasteiger charge is 2.19. The number of hydrogen-bond acceptors (Lipinski definition) is 3. The minimum atomic E-state index is -0.347. The fourth-order valence-corrected chi connectivity index (χ4v) is 2.02. The molecule has 0 heterocycles. The van der Waals surface area contributed by atoms with Crippen molar-refractivity contribution in [2.24, 2.45) is 0 Å². The standard InChI is InChI=1S/C14H20BrN3O2/c1-4-16-14(20)10(2)18(3)9-13(19)17-12-8-6-5-7-11(12)15/h5-8,10H,4,9H2,1-3H3,(H,16,20)(H,17,19)/t10-/m1/s1. The average Bonchev–Trinajstić information content (AvgIpc) is 2.40. The smallest absolute Gasteiger partial charge is 0.238 e. The normalized spacial score (nSPS) is 12.1. The van der Waals surface area contributed by atoms with E-state index in [0.29, 0.717) is 6.54 Å². The number of carbonyl (C=O) groups excluding carboxylic acids is 2. The molecule has 0 bridgehead atoms. The lowest BCUT2D eigenvalue weighted by atomic mass is 10.2. The summed E-state index contributed by atoms with van der Waals surface area (Å²) in [4.78, 5) is 25.3. The first kappa shape index (κ1) is 16.7. The first-order valence-corrected chi connectivity index (χ1v) is 7.27. The predicted octanol–water partition coefficient (Wildman–Crippen LogP) is 1.84. The molecule has 0 aliphatic carbocycles. The minimum absolute atomic E-state index is 0.0799. The highest BCUT2D eigenvalue weighted by molar-refractivity contribution is 9.10. The summed E-state index contributed by atoms with van der Waals surface area (Å²) in [6.45, 7) is 4.38. The van der Waals surface area contributed by atoms with E-state index in [2.05, 4.69) is 26.6 Å². The van der Waals surface area contributed by atoms with Crippen LogP contribution in [0.4, 0.5) is 5.69 Å². The zero-order chi connectivity index (χ0) is 15.1. The van der Waals surface area contributed by atoms with Gasteiger partial charge in [0.05, 0.1) is 18.3 Å². The van der Waals surface area contributed by atoms with Crippen LogP contribution in [-0.4, -0.2) is 42.9 Å². The van der Waals surface area contributed by atoms with Crippen molar-refractivity contribution in [2.75, 3.05) is 25.5 Å². The van der Waals surface area contributed by atoms with Crippen LogP contribution in [0.2, 0.25) is 0 Å². The summed E-state index contributed by atoms with van der Waals surface area (Å²) >= 11 is 3.37. The Morgan fingerprint density at radius 3 is 2.60 bits per heavy atom. The number of halogens is 1. The lowest BCUT2D eigenvalue weighted by Gasteiger charge is -2.23. The van der Waals surface area contributed by atoms with E-state index in [1.165, 1.54) is 0 Å². The molecule has 2 amide bonds. The molecule has 1 aromatic carbocycles. The summed E-state index contributed by atoms with van der Waals surface area (Å²) in [6, 6.07) is 7.05. The van der Waals surface area contributed by atoms with Crippen LogP contribution in [-0.2, 0) is 9.59 Å². The number of hydrogen-bond donors (Lipinski definition) is 2. The second-order valence-electron chi connectivity index (χ2n) is 4.51. The van der Waals surface area contributed by atoms with Gasteiger partial charge in [0.1, 0.15) is 0 Å². The number of rotatable bonds is 6. The summed E-state index contributed by atoms with van der Waals surface area (Å²) in [5.41, 5.74) is 0.719. The van der Waals surface area contributed by atoms with Gasteiger partial charge in [0.15, 0.2) is 0 Å². The molecule has 0 aliphatic rings. The van der Waals surface area contributed by atoms with Crippen LogP contribution in [0.5, 0.6) is 0 Å². The Hall–Kier alpha value is -1.40. The van der Waals surface area contributed by atoms with E-state index in [-0.39, 0.29) is 24.4 Å². The van der Waals surface area contributed by atoms with Gasteiger partial charge < -0.3 is 10.6 Å². The largest absolute Gasteiger partial charge is 0.355 e. The molecule has 20 heavy (non-hydrogen) atoms. The Balaban J connectivity index is 2.54. The molecule has 1 atom stereocenters. The minimum Gasteiger partial charge on any atom is -0.355 e. The van der Waals surface area contributed by atoms with Gasteiger partial charge in [-0.25, -0.2) is 0 Å². The molecular weight excluding hydrogens is 322 g/mol. The number of anilines is 1. The van der Waals surface area contributed by atoms with Crippen molar-refractivity contribution in [1.29, 1.82) is 0 Å². The second kappa shape index (κ2) is 8.01. The maximum absolute atomic E-state index is 12.0. The molecule has 0 saturated heterocycles. The van der Waals surface area contributed by atoms with Crippen molar-refractivity contribution in [1.82, 2.24) is 10.2 Å². The first-order chi connectivity index (χ1) is 9.45. The molecule has 0 fully saturated rings. The van der Waals surface area contributed by atoms with Crippen LogP contribution >= 0.6 is 15.9 Å². The summed E-state index contributed by atoms with van der Waals surface area (Å²) in [6.07, 6.45) is 0. The van der Waals surface area contributed by atoms with Crippen molar-refractivity contribution in [2.45, 2.75) is 19.9 Å². The van der Waals surface area contributed by atoms with E-state index in [1.807, 2.05) is 31.2 Å². The van der Waals surface area contributed by atoms with E-state index in [9.17, 15) is 9.59 Å². The lowest BCUT2D eigenvalue weighted by molar-refractivity contribution is -0.126. The van der Waals surface area contributed by atoms with Crippen LogP contribution in [0.15, 0.2) is 28.7 Å². The van der Waals surface area contributed by atoms with Gasteiger partial charge in [0, 0.05) is 11.0 Å². The van der Waals surface area contributed by atoms with Gasteiger partial charge in [-0.05, 0) is 49.0 Å². The number of nitrogens with one attached hydrogen (secondary N) is 2. The van der Waals surface area contributed by atoms with Crippen molar-refractivity contribution < 1.29 is 9.59 Å². The van der Waals surface area contributed by atoms with Crippen LogP contribution < -0.4 is 10.6 Å². The predicted molar refractivity (Wildman–Crippen MR) is 83.5 cm³/mol. The van der Waals surface area contributed by atoms with E-state index in [1.54, 1.807) is 18.9 Å². The van der Waals surface area contributed by atoms with E-state index in [4.69, 9.17) is 0 Å². The number of nitrogens with zero attached hydrogens (tertiary/aromatic N) is 1. The van der Waals surface area contributed by atoms with Gasteiger partial charge in [0.2, 0.25) is 11.8 Å². The monoisotopic (exact) mass is 341 g/mol. The van der Waals surface area contributed by atoms with Crippen LogP contribution in [0, 0.1) is 0 Å². The lowest BCUT2D eigenvalue weighted by Crippen LogP contribution is -2.45. The summed E-state index contributed by atoms with van der Waals surface area (Å²) in [7, 11) is 1.75. The molecule has 2 N–H and O–H groups in total. The molecule has 0 unspecified atom stereocenters. The van der Waals surface area contributed by atoms with Gasteiger partial charge in [-0.15, -0.1) is 0 Å². The van der Waals surface area contributed by atoms with Crippen molar-refractivity contribution in [3.05, 3.63) is 28.7 Å². The Bertz CT molecular complexity index is 479. The number of benzene rings is 1. The quantitative estimate of drug-likeness (QED) is 0.829. The third kappa shape index (κ3) is 4.94. The molecule has 0 radical (unpaired) electrons. The fourth-order valence-electron chi connectivity index (χ4n) is 1.64. The van der Waals surface area contributed by atoms with Crippen LogP contribution in [0.1, 0.15) is 13.8 Å². The molecule has 5 nitrogen and oxygen atoms in total. The third-order valence-electron chi connectivity index (χ3n) is 2.93. The summed E-state index contributed by atoms with van der Waals surface area (Å²) < 4.78 is 0.827. The Kier molecular flexibility index (Phi) is 6.67. The average molecular weight is 342 g/mol. The van der Waals surface area contributed by atoms with Crippen molar-refractivity contribution in [3.8, 4) is 0 Å². The number of para-hydroxylation sites is 1. The third-order valence-corrected chi connectivity index (χ3v) is 3.62. The molecule has 1 aromatic rings. The van der Waals surface area contributed by atoms with E-state index in [0.717, 1.165) is 10.2 Å². The number of carbonyl (C=O) groups is 2. The number of amides is 2. The molecule has 0 spiro atoms. The molecule has 6 heteroatoms. The maximum atomic E-state index is 12.0. The molecule has 0 saturated carbocycles. The van der Waals surface area contributed by atoms with Crippen molar-refractivity contribution >= 4 is 33.4 Å². The highest BCUT2D eigenvalue weighted by Crippen LogP contribution is 2.20.